The predicted octanol–water partition coefficient (Wildman–Crippen LogP) is 2.03. The first-order valence-corrected chi connectivity index (χ1v) is 7.32. The summed E-state index contributed by atoms with van der Waals surface area (Å²) in [4.78, 5) is 17.4. The van der Waals surface area contributed by atoms with E-state index in [1.807, 2.05) is 19.9 Å². The molecule has 0 aliphatic rings. The third-order valence-corrected chi connectivity index (χ3v) is 3.89. The number of carbonyl (C=O) groups excluding carboxylic acids is 1. The minimum Gasteiger partial charge on any atom is -0.384 e. The average Bonchev–Trinajstić information content (AvgIpc) is 2.89. The number of carbonyl (C=O) groups is 1. The standard InChI is InChI=1S/C16H16N2O2S/c1-11-13(6-4-8-19)5-3-7-15(11)16(20)18-10-14-9-17-12(2)21-14/h3,5,7,9,19H,8,10H2,1-2H3,(H,18,20). The monoisotopic (exact) mass is 300 g/mol. The summed E-state index contributed by atoms with van der Waals surface area (Å²) in [6.07, 6.45) is 1.77. The number of benzene rings is 1. The topological polar surface area (TPSA) is 62.2 Å². The van der Waals surface area contributed by atoms with Crippen molar-refractivity contribution in [2.24, 2.45) is 0 Å². The summed E-state index contributed by atoms with van der Waals surface area (Å²) < 4.78 is 0. The second-order valence-electron chi connectivity index (χ2n) is 4.47. The molecule has 0 radical (unpaired) electrons. The lowest BCUT2D eigenvalue weighted by molar-refractivity contribution is 0.0950. The molecule has 5 heteroatoms. The van der Waals surface area contributed by atoms with Gasteiger partial charge in [-0.3, -0.25) is 4.79 Å². The van der Waals surface area contributed by atoms with E-state index < -0.39 is 0 Å². The van der Waals surface area contributed by atoms with Crippen molar-refractivity contribution in [2.45, 2.75) is 20.4 Å². The number of nitrogens with zero attached hydrogens (tertiary/aromatic N) is 1. The number of aliphatic hydroxyl groups excluding tert-OH is 1. The van der Waals surface area contributed by atoms with Gasteiger partial charge in [0.1, 0.15) is 6.61 Å². The van der Waals surface area contributed by atoms with Gasteiger partial charge in [0.05, 0.1) is 11.6 Å². The number of aliphatic hydroxyl groups is 1. The van der Waals surface area contributed by atoms with Crippen LogP contribution in [-0.4, -0.2) is 22.6 Å². The molecule has 21 heavy (non-hydrogen) atoms. The Morgan fingerprint density at radius 1 is 1.43 bits per heavy atom. The van der Waals surface area contributed by atoms with Gasteiger partial charge < -0.3 is 10.4 Å². The molecule has 0 spiro atoms. The van der Waals surface area contributed by atoms with Crippen LogP contribution < -0.4 is 5.32 Å². The fourth-order valence-electron chi connectivity index (χ4n) is 1.90. The van der Waals surface area contributed by atoms with E-state index in [9.17, 15) is 4.79 Å². The Labute approximate surface area is 127 Å². The second kappa shape index (κ2) is 7.02. The van der Waals surface area contributed by atoms with Crippen molar-refractivity contribution in [1.29, 1.82) is 0 Å². The summed E-state index contributed by atoms with van der Waals surface area (Å²) in [5.41, 5.74) is 2.17. The van der Waals surface area contributed by atoms with Gasteiger partial charge in [-0.1, -0.05) is 17.9 Å². The summed E-state index contributed by atoms with van der Waals surface area (Å²) in [6.45, 7) is 4.06. The highest BCUT2D eigenvalue weighted by Gasteiger charge is 2.11. The lowest BCUT2D eigenvalue weighted by Crippen LogP contribution is -2.23. The van der Waals surface area contributed by atoms with Gasteiger partial charge in [0.25, 0.3) is 5.91 Å². The van der Waals surface area contributed by atoms with E-state index >= 15 is 0 Å². The number of thiazole rings is 1. The molecule has 0 saturated heterocycles. The van der Waals surface area contributed by atoms with Gasteiger partial charge in [-0.15, -0.1) is 11.3 Å². The predicted molar refractivity (Wildman–Crippen MR) is 83.2 cm³/mol. The number of amides is 1. The number of rotatable bonds is 3. The molecular formula is C16H16N2O2S. The first kappa shape index (κ1) is 15.2. The van der Waals surface area contributed by atoms with Crippen molar-refractivity contribution in [1.82, 2.24) is 10.3 Å². The summed E-state index contributed by atoms with van der Waals surface area (Å²) in [5.74, 6) is 5.31. The third kappa shape index (κ3) is 3.91. The van der Waals surface area contributed by atoms with Crippen LogP contribution in [0.3, 0.4) is 0 Å². The Morgan fingerprint density at radius 3 is 2.90 bits per heavy atom. The van der Waals surface area contributed by atoms with Crippen LogP contribution in [0.5, 0.6) is 0 Å². The zero-order valence-corrected chi connectivity index (χ0v) is 12.8. The van der Waals surface area contributed by atoms with E-state index in [-0.39, 0.29) is 12.5 Å². The van der Waals surface area contributed by atoms with Crippen molar-refractivity contribution in [3.63, 3.8) is 0 Å². The van der Waals surface area contributed by atoms with Crippen LogP contribution in [0.15, 0.2) is 24.4 Å². The van der Waals surface area contributed by atoms with Crippen LogP contribution in [-0.2, 0) is 6.54 Å². The first-order valence-electron chi connectivity index (χ1n) is 6.50. The largest absolute Gasteiger partial charge is 0.384 e. The molecule has 2 rings (SSSR count). The SMILES string of the molecule is Cc1ncc(CNC(=O)c2cccc(C#CCO)c2C)s1. The van der Waals surface area contributed by atoms with Gasteiger partial charge in [0.2, 0.25) is 0 Å². The van der Waals surface area contributed by atoms with Crippen molar-refractivity contribution in [3.8, 4) is 11.8 Å². The van der Waals surface area contributed by atoms with Gasteiger partial charge in [-0.2, -0.15) is 0 Å². The lowest BCUT2D eigenvalue weighted by Gasteiger charge is -2.08. The zero-order chi connectivity index (χ0) is 15.2. The van der Waals surface area contributed by atoms with E-state index in [4.69, 9.17) is 5.11 Å². The average molecular weight is 300 g/mol. The van der Waals surface area contributed by atoms with E-state index in [1.54, 1.807) is 29.7 Å². The van der Waals surface area contributed by atoms with Gasteiger partial charge >= 0.3 is 0 Å². The molecule has 0 aliphatic heterocycles. The second-order valence-corrected chi connectivity index (χ2v) is 5.79. The maximum Gasteiger partial charge on any atom is 0.251 e. The van der Waals surface area contributed by atoms with Crippen molar-refractivity contribution in [2.75, 3.05) is 6.61 Å². The van der Waals surface area contributed by atoms with Crippen LogP contribution in [0.1, 0.15) is 31.4 Å². The van der Waals surface area contributed by atoms with Crippen LogP contribution in [0.4, 0.5) is 0 Å². The Morgan fingerprint density at radius 2 is 2.24 bits per heavy atom. The Balaban J connectivity index is 2.12. The van der Waals surface area contributed by atoms with Crippen molar-refractivity contribution >= 4 is 17.2 Å². The van der Waals surface area contributed by atoms with Gasteiger partial charge in [0.15, 0.2) is 0 Å². The molecule has 1 aromatic heterocycles. The number of nitrogens with one attached hydrogen (secondary N) is 1. The normalized spacial score (nSPS) is 9.86. The minimum absolute atomic E-state index is 0.133. The van der Waals surface area contributed by atoms with E-state index in [1.165, 1.54) is 0 Å². The summed E-state index contributed by atoms with van der Waals surface area (Å²) in [6, 6.07) is 5.40. The zero-order valence-electron chi connectivity index (χ0n) is 11.9. The van der Waals surface area contributed by atoms with Crippen molar-refractivity contribution < 1.29 is 9.90 Å². The molecule has 0 unspecified atom stereocenters. The van der Waals surface area contributed by atoms with Gasteiger partial charge in [-0.25, -0.2) is 4.98 Å². The number of aromatic nitrogens is 1. The van der Waals surface area contributed by atoms with E-state index in [0.29, 0.717) is 12.1 Å². The molecule has 1 heterocycles. The Kier molecular flexibility index (Phi) is 5.09. The van der Waals surface area contributed by atoms with Crippen LogP contribution in [0.25, 0.3) is 0 Å². The molecule has 2 N–H and O–H groups in total. The molecule has 0 atom stereocenters. The highest BCUT2D eigenvalue weighted by atomic mass is 32.1. The molecule has 0 saturated carbocycles. The summed E-state index contributed by atoms with van der Waals surface area (Å²) >= 11 is 1.57. The maximum absolute atomic E-state index is 12.2. The van der Waals surface area contributed by atoms with Gasteiger partial charge in [-0.05, 0) is 31.5 Å². The highest BCUT2D eigenvalue weighted by molar-refractivity contribution is 7.11. The highest BCUT2D eigenvalue weighted by Crippen LogP contribution is 2.14. The van der Waals surface area contributed by atoms with Gasteiger partial charge in [0, 0.05) is 22.2 Å². The lowest BCUT2D eigenvalue weighted by atomic mass is 10.0. The maximum atomic E-state index is 12.2. The number of hydrogen-bond acceptors (Lipinski definition) is 4. The summed E-state index contributed by atoms with van der Waals surface area (Å²) in [5, 5.41) is 12.6. The quantitative estimate of drug-likeness (QED) is 0.853. The molecule has 4 nitrogen and oxygen atoms in total. The number of aryl methyl sites for hydroxylation is 1. The molecule has 0 fully saturated rings. The van der Waals surface area contributed by atoms with Crippen LogP contribution >= 0.6 is 11.3 Å². The van der Waals surface area contributed by atoms with Crippen LogP contribution in [0.2, 0.25) is 0 Å². The fourth-order valence-corrected chi connectivity index (χ4v) is 2.64. The molecular weight excluding hydrogens is 284 g/mol. The number of hydrogen-bond donors (Lipinski definition) is 2. The fraction of sp³-hybridized carbons (Fsp3) is 0.250. The molecule has 108 valence electrons. The molecule has 0 bridgehead atoms. The summed E-state index contributed by atoms with van der Waals surface area (Å²) in [7, 11) is 0. The third-order valence-electron chi connectivity index (χ3n) is 2.97. The molecule has 0 aliphatic carbocycles. The van der Waals surface area contributed by atoms with E-state index in [0.717, 1.165) is 21.0 Å². The van der Waals surface area contributed by atoms with Crippen LogP contribution in [0, 0.1) is 25.7 Å². The molecule has 1 amide bonds. The van der Waals surface area contributed by atoms with Crippen molar-refractivity contribution in [3.05, 3.63) is 51.0 Å². The molecule has 2 aromatic rings. The smallest absolute Gasteiger partial charge is 0.251 e. The minimum atomic E-state index is -0.194. The Hall–Kier alpha value is -2.16. The molecule has 1 aromatic carbocycles. The van der Waals surface area contributed by atoms with E-state index in [2.05, 4.69) is 22.1 Å². The first-order chi connectivity index (χ1) is 10.1. The Bertz CT molecular complexity index is 711.